The molecule has 6 heteroatoms. The first-order valence-corrected chi connectivity index (χ1v) is 9.75. The van der Waals surface area contributed by atoms with Crippen LogP contribution in [0.5, 0.6) is 11.5 Å². The lowest BCUT2D eigenvalue weighted by molar-refractivity contribution is -0.127. The van der Waals surface area contributed by atoms with Crippen LogP contribution in [0.4, 0.5) is 11.4 Å². The molecule has 3 rings (SSSR count). The molecule has 0 spiro atoms. The van der Waals surface area contributed by atoms with Gasteiger partial charge in [-0.1, -0.05) is 13.8 Å². The van der Waals surface area contributed by atoms with Crippen LogP contribution in [0.2, 0.25) is 0 Å². The van der Waals surface area contributed by atoms with Crippen molar-refractivity contribution in [3.8, 4) is 11.5 Å². The molecule has 1 N–H and O–H groups in total. The maximum absolute atomic E-state index is 13.0. The summed E-state index contributed by atoms with van der Waals surface area (Å²) in [4.78, 5) is 27.4. The lowest BCUT2D eigenvalue weighted by atomic mass is 9.92. The Morgan fingerprint density at radius 3 is 2.52 bits per heavy atom. The predicted octanol–water partition coefficient (Wildman–Crippen LogP) is 4.36. The summed E-state index contributed by atoms with van der Waals surface area (Å²) >= 11 is 0. The lowest BCUT2D eigenvalue weighted by Gasteiger charge is -2.29. The molecule has 1 heterocycles. The van der Waals surface area contributed by atoms with E-state index in [4.69, 9.17) is 9.47 Å². The fourth-order valence-electron chi connectivity index (χ4n) is 3.22. The zero-order chi connectivity index (χ0) is 21.2. The Balaban J connectivity index is 1.86. The van der Waals surface area contributed by atoms with Crippen LogP contribution in [0.1, 0.15) is 38.1 Å². The number of amides is 2. The molecule has 0 saturated carbocycles. The van der Waals surface area contributed by atoms with Crippen LogP contribution < -0.4 is 19.7 Å². The highest BCUT2D eigenvalue weighted by Crippen LogP contribution is 2.38. The van der Waals surface area contributed by atoms with Gasteiger partial charge in [0, 0.05) is 23.9 Å². The van der Waals surface area contributed by atoms with Crippen molar-refractivity contribution in [3.05, 3.63) is 48.0 Å². The fourth-order valence-corrected chi connectivity index (χ4v) is 3.22. The highest BCUT2D eigenvalue weighted by Gasteiger charge is 2.38. The topological polar surface area (TPSA) is 67.9 Å². The standard InChI is InChI=1S/C23H28N2O4/c1-15(2)13-25-19-11-8-17(12-20(19)29-14-23(3,4)22(25)27)24-21(26)16-6-9-18(28-5)10-7-16/h6-12,15H,13-14H2,1-5H3,(H,24,26). The molecule has 0 aromatic heterocycles. The summed E-state index contributed by atoms with van der Waals surface area (Å²) in [5.41, 5.74) is 1.25. The van der Waals surface area contributed by atoms with Gasteiger partial charge < -0.3 is 19.7 Å². The minimum absolute atomic E-state index is 0.0416. The molecule has 0 atom stereocenters. The van der Waals surface area contributed by atoms with Crippen LogP contribution >= 0.6 is 0 Å². The third-order valence-electron chi connectivity index (χ3n) is 4.82. The van der Waals surface area contributed by atoms with Crippen LogP contribution in [0.25, 0.3) is 0 Å². The number of benzene rings is 2. The molecule has 1 aliphatic rings. The molecule has 0 bridgehead atoms. The molecule has 2 amide bonds. The zero-order valence-electron chi connectivity index (χ0n) is 17.6. The molecule has 0 aliphatic carbocycles. The monoisotopic (exact) mass is 396 g/mol. The van der Waals surface area contributed by atoms with Gasteiger partial charge in [-0.3, -0.25) is 9.59 Å². The number of hydrogen-bond acceptors (Lipinski definition) is 4. The van der Waals surface area contributed by atoms with Gasteiger partial charge in [-0.25, -0.2) is 0 Å². The molecule has 6 nitrogen and oxygen atoms in total. The third kappa shape index (κ3) is 4.53. The van der Waals surface area contributed by atoms with Gasteiger partial charge >= 0.3 is 0 Å². The Morgan fingerprint density at radius 1 is 1.21 bits per heavy atom. The Bertz CT molecular complexity index is 904. The van der Waals surface area contributed by atoms with E-state index in [1.807, 2.05) is 19.9 Å². The van der Waals surface area contributed by atoms with Crippen LogP contribution in [0.3, 0.4) is 0 Å². The molecule has 0 saturated heterocycles. The van der Waals surface area contributed by atoms with Gasteiger partial charge in [0.2, 0.25) is 5.91 Å². The molecular weight excluding hydrogens is 368 g/mol. The van der Waals surface area contributed by atoms with Crippen molar-refractivity contribution in [2.75, 3.05) is 30.5 Å². The molecule has 2 aromatic rings. The summed E-state index contributed by atoms with van der Waals surface area (Å²) in [5, 5.41) is 2.89. The Kier molecular flexibility index (Phi) is 5.82. The number of hydrogen-bond donors (Lipinski definition) is 1. The average Bonchev–Trinajstić information content (AvgIpc) is 2.78. The van der Waals surface area contributed by atoms with E-state index < -0.39 is 5.41 Å². The normalized spacial score (nSPS) is 15.4. The van der Waals surface area contributed by atoms with Gasteiger partial charge in [0.25, 0.3) is 5.91 Å². The highest BCUT2D eigenvalue weighted by atomic mass is 16.5. The summed E-state index contributed by atoms with van der Waals surface area (Å²) in [5.74, 6) is 1.42. The number of nitrogens with zero attached hydrogens (tertiary/aromatic N) is 1. The van der Waals surface area contributed by atoms with Crippen molar-refractivity contribution < 1.29 is 19.1 Å². The highest BCUT2D eigenvalue weighted by molar-refractivity contribution is 6.05. The number of nitrogens with one attached hydrogen (secondary N) is 1. The number of carbonyl (C=O) groups excluding carboxylic acids is 2. The van der Waals surface area contributed by atoms with E-state index in [1.165, 1.54) is 0 Å². The molecule has 0 fully saturated rings. The third-order valence-corrected chi connectivity index (χ3v) is 4.82. The van der Waals surface area contributed by atoms with Crippen LogP contribution in [-0.4, -0.2) is 32.1 Å². The fraction of sp³-hybridized carbons (Fsp3) is 0.391. The minimum Gasteiger partial charge on any atom is -0.497 e. The molecule has 0 radical (unpaired) electrons. The van der Waals surface area contributed by atoms with Crippen LogP contribution in [0.15, 0.2) is 42.5 Å². The summed E-state index contributed by atoms with van der Waals surface area (Å²) in [7, 11) is 1.58. The minimum atomic E-state index is -0.625. The first kappa shape index (κ1) is 20.7. The van der Waals surface area contributed by atoms with E-state index in [0.717, 1.165) is 5.69 Å². The molecule has 154 valence electrons. The molecule has 1 aliphatic heterocycles. The maximum Gasteiger partial charge on any atom is 0.255 e. The smallest absolute Gasteiger partial charge is 0.255 e. The van der Waals surface area contributed by atoms with Crippen molar-refractivity contribution in [2.24, 2.45) is 11.3 Å². The Morgan fingerprint density at radius 2 is 1.90 bits per heavy atom. The van der Waals surface area contributed by atoms with E-state index in [2.05, 4.69) is 19.2 Å². The first-order chi connectivity index (χ1) is 13.7. The number of rotatable bonds is 5. The van der Waals surface area contributed by atoms with Gasteiger partial charge in [0.05, 0.1) is 18.2 Å². The van der Waals surface area contributed by atoms with E-state index in [1.54, 1.807) is 48.4 Å². The summed E-state index contributed by atoms with van der Waals surface area (Å²) in [6, 6.07) is 12.3. The number of anilines is 2. The van der Waals surface area contributed by atoms with Crippen LogP contribution in [-0.2, 0) is 4.79 Å². The summed E-state index contributed by atoms with van der Waals surface area (Å²) in [6.07, 6.45) is 0. The lowest BCUT2D eigenvalue weighted by Crippen LogP contribution is -2.43. The van der Waals surface area contributed by atoms with Gasteiger partial charge in [-0.05, 0) is 56.2 Å². The van der Waals surface area contributed by atoms with E-state index >= 15 is 0 Å². The van der Waals surface area contributed by atoms with Crippen molar-refractivity contribution in [1.82, 2.24) is 0 Å². The quantitative estimate of drug-likeness (QED) is 0.816. The van der Waals surface area contributed by atoms with Crippen LogP contribution in [0, 0.1) is 11.3 Å². The predicted molar refractivity (Wildman–Crippen MR) is 114 cm³/mol. The van der Waals surface area contributed by atoms with Crippen molar-refractivity contribution in [2.45, 2.75) is 27.7 Å². The van der Waals surface area contributed by atoms with E-state index in [9.17, 15) is 9.59 Å². The largest absolute Gasteiger partial charge is 0.497 e. The number of methoxy groups -OCH3 is 1. The second-order valence-corrected chi connectivity index (χ2v) is 8.35. The Hall–Kier alpha value is -3.02. The molecule has 0 unspecified atom stereocenters. The summed E-state index contributed by atoms with van der Waals surface area (Å²) < 4.78 is 11.1. The maximum atomic E-state index is 13.0. The molecular formula is C23H28N2O4. The van der Waals surface area contributed by atoms with E-state index in [-0.39, 0.29) is 18.4 Å². The summed E-state index contributed by atoms with van der Waals surface area (Å²) in [6.45, 7) is 8.82. The van der Waals surface area contributed by atoms with E-state index in [0.29, 0.717) is 35.2 Å². The Labute approximate surface area is 171 Å². The molecule has 2 aromatic carbocycles. The first-order valence-electron chi connectivity index (χ1n) is 9.75. The van der Waals surface area contributed by atoms with Crippen molar-refractivity contribution >= 4 is 23.2 Å². The zero-order valence-corrected chi connectivity index (χ0v) is 17.6. The van der Waals surface area contributed by atoms with Crippen molar-refractivity contribution in [3.63, 3.8) is 0 Å². The number of ether oxygens (including phenoxy) is 2. The second kappa shape index (κ2) is 8.15. The van der Waals surface area contributed by atoms with Gasteiger partial charge in [0.1, 0.15) is 18.1 Å². The second-order valence-electron chi connectivity index (χ2n) is 8.35. The van der Waals surface area contributed by atoms with Crippen molar-refractivity contribution in [1.29, 1.82) is 0 Å². The van der Waals surface area contributed by atoms with Gasteiger partial charge in [0.15, 0.2) is 0 Å². The molecule has 29 heavy (non-hydrogen) atoms. The van der Waals surface area contributed by atoms with Gasteiger partial charge in [-0.15, -0.1) is 0 Å². The SMILES string of the molecule is COc1ccc(C(=O)Nc2ccc3c(c2)OCC(C)(C)C(=O)N3CC(C)C)cc1. The number of carbonyl (C=O) groups is 2. The number of fused-ring (bicyclic) bond motifs is 1. The average molecular weight is 396 g/mol. The van der Waals surface area contributed by atoms with Gasteiger partial charge in [-0.2, -0.15) is 0 Å².